The van der Waals surface area contributed by atoms with E-state index in [2.05, 4.69) is 20.9 Å². The average molecular weight is 475 g/mol. The molecular weight excluding hydrogens is 440 g/mol. The molecule has 6 rings (SSSR count). The van der Waals surface area contributed by atoms with Gasteiger partial charge >= 0.3 is 0 Å². The van der Waals surface area contributed by atoms with Gasteiger partial charge < -0.3 is 16.0 Å². The molecule has 0 unspecified atom stereocenters. The van der Waals surface area contributed by atoms with Gasteiger partial charge in [0.1, 0.15) is 0 Å². The molecule has 2 aromatic rings. The Morgan fingerprint density at radius 2 is 1.34 bits per heavy atom. The molecule has 4 aliphatic rings. The largest absolute Gasteiger partial charge is 0.352 e. The summed E-state index contributed by atoms with van der Waals surface area (Å²) in [6.45, 7) is 1.19. The summed E-state index contributed by atoms with van der Waals surface area (Å²) in [5, 5.41) is 8.81. The Kier molecular flexibility index (Phi) is 6.84. The second-order valence-corrected chi connectivity index (χ2v) is 10.7. The maximum absolute atomic E-state index is 13.1. The van der Waals surface area contributed by atoms with Crippen molar-refractivity contribution in [2.24, 2.45) is 23.2 Å². The molecule has 0 aliphatic heterocycles. The summed E-state index contributed by atoms with van der Waals surface area (Å²) < 4.78 is 0. The van der Waals surface area contributed by atoms with Crippen LogP contribution in [0.4, 0.5) is 0 Å². The van der Waals surface area contributed by atoms with E-state index in [0.29, 0.717) is 18.7 Å². The first-order chi connectivity index (χ1) is 17.0. The smallest absolute Gasteiger partial charge is 0.251 e. The first-order valence-corrected chi connectivity index (χ1v) is 12.8. The minimum atomic E-state index is -0.212. The standard InChI is InChI=1S/C28H34N4O3/c33-25(31-17-20-5-8-29-9-6-20)7-10-30-26(34)24-3-1-19(2-4-24)18-32-27(35)28-14-21-11-22(15-28)13-23(12-21)16-28/h1-6,8-9,21-23H,7,10-18H2,(H,30,34)(H,31,33)(H,32,35). The monoisotopic (exact) mass is 474 g/mol. The first-order valence-electron chi connectivity index (χ1n) is 12.8. The van der Waals surface area contributed by atoms with Crippen molar-refractivity contribution in [2.45, 2.75) is 58.0 Å². The molecule has 4 aliphatic carbocycles. The van der Waals surface area contributed by atoms with Crippen LogP contribution in [-0.4, -0.2) is 29.3 Å². The predicted molar refractivity (Wildman–Crippen MR) is 132 cm³/mol. The van der Waals surface area contributed by atoms with Crippen molar-refractivity contribution >= 4 is 17.7 Å². The van der Waals surface area contributed by atoms with Gasteiger partial charge in [0.25, 0.3) is 5.91 Å². The summed E-state index contributed by atoms with van der Waals surface area (Å²) in [5.41, 5.74) is 2.36. The fourth-order valence-corrected chi connectivity index (χ4v) is 6.71. The van der Waals surface area contributed by atoms with Gasteiger partial charge in [0.05, 0.1) is 0 Å². The number of amides is 3. The lowest BCUT2D eigenvalue weighted by Gasteiger charge is -2.55. The highest BCUT2D eigenvalue weighted by atomic mass is 16.2. The number of carbonyl (C=O) groups is 3. The Morgan fingerprint density at radius 3 is 1.97 bits per heavy atom. The van der Waals surface area contributed by atoms with Crippen molar-refractivity contribution < 1.29 is 14.4 Å². The van der Waals surface area contributed by atoms with Crippen LogP contribution >= 0.6 is 0 Å². The van der Waals surface area contributed by atoms with Gasteiger partial charge in [0, 0.05) is 49.4 Å². The lowest BCUT2D eigenvalue weighted by atomic mass is 9.49. The second kappa shape index (κ2) is 10.2. The van der Waals surface area contributed by atoms with E-state index in [1.54, 1.807) is 24.5 Å². The summed E-state index contributed by atoms with van der Waals surface area (Å²) >= 11 is 0. The Labute approximate surface area is 206 Å². The maximum Gasteiger partial charge on any atom is 0.251 e. The number of rotatable bonds is 9. The number of aromatic nitrogens is 1. The third-order valence-corrected chi connectivity index (χ3v) is 8.07. The zero-order chi connectivity index (χ0) is 24.3. The summed E-state index contributed by atoms with van der Waals surface area (Å²) in [6, 6.07) is 11.0. The number of hydrogen-bond donors (Lipinski definition) is 3. The Morgan fingerprint density at radius 1 is 0.771 bits per heavy atom. The van der Waals surface area contributed by atoms with Crippen molar-refractivity contribution in [3.05, 3.63) is 65.5 Å². The lowest BCUT2D eigenvalue weighted by molar-refractivity contribution is -0.146. The van der Waals surface area contributed by atoms with Crippen LogP contribution in [0.15, 0.2) is 48.8 Å². The van der Waals surface area contributed by atoms with Crippen LogP contribution in [0.3, 0.4) is 0 Å². The van der Waals surface area contributed by atoms with Crippen LogP contribution in [0.2, 0.25) is 0 Å². The Bertz CT molecular complexity index is 1030. The van der Waals surface area contributed by atoms with Crippen molar-refractivity contribution in [3.63, 3.8) is 0 Å². The number of nitrogens with zero attached hydrogens (tertiary/aromatic N) is 1. The van der Waals surface area contributed by atoms with Crippen LogP contribution in [0.25, 0.3) is 0 Å². The molecule has 1 aromatic heterocycles. The normalized spacial score (nSPS) is 26.2. The SMILES string of the molecule is O=C(CCNC(=O)c1ccc(CNC(=O)C23CC4CC(CC(C4)C2)C3)cc1)NCc1ccncc1. The molecule has 1 heterocycles. The fraction of sp³-hybridized carbons (Fsp3) is 0.500. The number of carbonyl (C=O) groups excluding carboxylic acids is 3. The summed E-state index contributed by atoms with van der Waals surface area (Å²) in [6.07, 6.45) is 10.7. The molecule has 3 amide bonds. The van der Waals surface area contributed by atoms with Crippen LogP contribution < -0.4 is 16.0 Å². The second-order valence-electron chi connectivity index (χ2n) is 10.7. The number of pyridine rings is 1. The van der Waals surface area contributed by atoms with E-state index in [0.717, 1.165) is 48.1 Å². The predicted octanol–water partition coefficient (Wildman–Crippen LogP) is 3.35. The first kappa shape index (κ1) is 23.5. The summed E-state index contributed by atoms with van der Waals surface area (Å²) in [4.78, 5) is 41.5. The molecule has 4 saturated carbocycles. The zero-order valence-corrected chi connectivity index (χ0v) is 20.1. The Balaban J connectivity index is 1.04. The molecular formula is C28H34N4O3. The highest BCUT2D eigenvalue weighted by Gasteiger charge is 2.54. The number of nitrogens with one attached hydrogen (secondary N) is 3. The van der Waals surface area contributed by atoms with Crippen LogP contribution in [0, 0.1) is 23.2 Å². The molecule has 7 heteroatoms. The third-order valence-electron chi connectivity index (χ3n) is 8.07. The lowest BCUT2D eigenvalue weighted by Crippen LogP contribution is -2.53. The van der Waals surface area contributed by atoms with Gasteiger partial charge in [-0.05, 0) is 91.7 Å². The van der Waals surface area contributed by atoms with E-state index >= 15 is 0 Å². The van der Waals surface area contributed by atoms with Crippen molar-refractivity contribution in [2.75, 3.05) is 6.54 Å². The van der Waals surface area contributed by atoms with Crippen LogP contribution in [0.1, 0.15) is 66.4 Å². The van der Waals surface area contributed by atoms with Gasteiger partial charge in [-0.3, -0.25) is 19.4 Å². The summed E-state index contributed by atoms with van der Waals surface area (Å²) in [7, 11) is 0. The molecule has 0 atom stereocenters. The number of hydrogen-bond acceptors (Lipinski definition) is 4. The van der Waals surface area contributed by atoms with E-state index in [1.807, 2.05) is 24.3 Å². The minimum absolute atomic E-state index is 0.118. The van der Waals surface area contributed by atoms with Gasteiger partial charge in [-0.25, -0.2) is 0 Å². The number of benzene rings is 1. The fourth-order valence-electron chi connectivity index (χ4n) is 6.71. The van der Waals surface area contributed by atoms with Gasteiger partial charge in [-0.2, -0.15) is 0 Å². The molecule has 4 bridgehead atoms. The van der Waals surface area contributed by atoms with Crippen molar-refractivity contribution in [3.8, 4) is 0 Å². The minimum Gasteiger partial charge on any atom is -0.352 e. The quantitative estimate of drug-likeness (QED) is 0.519. The van der Waals surface area contributed by atoms with Gasteiger partial charge in [0.15, 0.2) is 0 Å². The molecule has 0 spiro atoms. The van der Waals surface area contributed by atoms with Crippen LogP contribution in [-0.2, 0) is 22.7 Å². The van der Waals surface area contributed by atoms with E-state index in [4.69, 9.17) is 0 Å². The topological polar surface area (TPSA) is 100 Å². The highest BCUT2D eigenvalue weighted by Crippen LogP contribution is 2.60. The molecule has 4 fully saturated rings. The Hall–Kier alpha value is -3.22. The van der Waals surface area contributed by atoms with E-state index in [-0.39, 0.29) is 36.1 Å². The molecule has 35 heavy (non-hydrogen) atoms. The van der Waals surface area contributed by atoms with Gasteiger partial charge in [-0.15, -0.1) is 0 Å². The molecule has 184 valence electrons. The van der Waals surface area contributed by atoms with Gasteiger partial charge in [-0.1, -0.05) is 12.1 Å². The maximum atomic E-state index is 13.1. The third kappa shape index (κ3) is 5.55. The van der Waals surface area contributed by atoms with E-state index in [1.165, 1.54) is 19.3 Å². The molecule has 0 saturated heterocycles. The van der Waals surface area contributed by atoms with Crippen LogP contribution in [0.5, 0.6) is 0 Å². The highest BCUT2D eigenvalue weighted by molar-refractivity contribution is 5.94. The van der Waals surface area contributed by atoms with Gasteiger partial charge in [0.2, 0.25) is 11.8 Å². The van der Waals surface area contributed by atoms with Crippen molar-refractivity contribution in [1.82, 2.24) is 20.9 Å². The molecule has 1 aromatic carbocycles. The molecule has 7 nitrogen and oxygen atoms in total. The van der Waals surface area contributed by atoms with E-state index in [9.17, 15) is 14.4 Å². The van der Waals surface area contributed by atoms with E-state index < -0.39 is 0 Å². The molecule has 0 radical (unpaired) electrons. The summed E-state index contributed by atoms with van der Waals surface area (Å²) in [5.74, 6) is 2.13. The zero-order valence-electron chi connectivity index (χ0n) is 20.1. The molecule has 3 N–H and O–H groups in total. The van der Waals surface area contributed by atoms with Crippen molar-refractivity contribution in [1.29, 1.82) is 0 Å². The average Bonchev–Trinajstić information content (AvgIpc) is 2.86.